The Bertz CT molecular complexity index is 451. The summed E-state index contributed by atoms with van der Waals surface area (Å²) in [6.07, 6.45) is 3.51. The van der Waals surface area contributed by atoms with E-state index in [0.29, 0.717) is 25.2 Å². The van der Waals surface area contributed by atoms with Crippen LogP contribution in [0, 0.1) is 5.41 Å². The second kappa shape index (κ2) is 4.63. The lowest BCUT2D eigenvalue weighted by Crippen LogP contribution is -2.54. The molecule has 0 atom stereocenters. The Labute approximate surface area is 104 Å². The number of hydrogen-bond acceptors (Lipinski definition) is 5. The van der Waals surface area contributed by atoms with Crippen molar-refractivity contribution in [3.05, 3.63) is 12.2 Å². The van der Waals surface area contributed by atoms with E-state index in [9.17, 15) is 4.79 Å². The van der Waals surface area contributed by atoms with E-state index < -0.39 is 5.41 Å². The van der Waals surface area contributed by atoms with Crippen molar-refractivity contribution >= 4 is 11.7 Å². The van der Waals surface area contributed by atoms with Gasteiger partial charge in [-0.2, -0.15) is 5.10 Å². The second-order valence-corrected chi connectivity index (χ2v) is 4.51. The number of nitrogens with two attached hydrogens (primary N) is 1. The molecule has 0 bridgehead atoms. The zero-order chi connectivity index (χ0) is 13.2. The van der Waals surface area contributed by atoms with Crippen molar-refractivity contribution in [2.75, 3.05) is 7.05 Å². The van der Waals surface area contributed by atoms with Gasteiger partial charge in [0.1, 0.15) is 17.6 Å². The molecule has 1 fully saturated rings. The molecule has 1 heterocycles. The van der Waals surface area contributed by atoms with Gasteiger partial charge < -0.3 is 15.8 Å². The molecule has 1 aliphatic carbocycles. The number of rotatable bonds is 4. The normalized spacial score (nSPS) is 18.2. The Kier molecular flexibility index (Phi) is 3.17. The molecular weight excluding hydrogens is 236 g/mol. The van der Waals surface area contributed by atoms with Gasteiger partial charge in [0.05, 0.1) is 6.54 Å². The van der Waals surface area contributed by atoms with Gasteiger partial charge in [0.2, 0.25) is 5.91 Å². The third kappa shape index (κ3) is 1.89. The standard InChI is InChI=1S/C10H16N6O2/c1-16(5-7-12-6-13-14-7)9(17)10(3-2-4-10)8(11)15-18/h6,18H,2-5H2,1H3,(H2,11,15)(H,12,13,14). The van der Waals surface area contributed by atoms with Crippen molar-refractivity contribution < 1.29 is 10.0 Å². The van der Waals surface area contributed by atoms with Gasteiger partial charge in [0.25, 0.3) is 0 Å². The van der Waals surface area contributed by atoms with E-state index in [-0.39, 0.29) is 11.7 Å². The quantitative estimate of drug-likeness (QED) is 0.293. The van der Waals surface area contributed by atoms with Crippen molar-refractivity contribution in [3.8, 4) is 0 Å². The number of oxime groups is 1. The van der Waals surface area contributed by atoms with Gasteiger partial charge in [-0.05, 0) is 12.8 Å². The van der Waals surface area contributed by atoms with Gasteiger partial charge in [-0.25, -0.2) is 4.98 Å². The molecule has 0 spiro atoms. The fourth-order valence-corrected chi connectivity index (χ4v) is 2.17. The number of carbonyl (C=O) groups is 1. The van der Waals surface area contributed by atoms with E-state index in [0.717, 1.165) is 6.42 Å². The molecule has 8 heteroatoms. The number of carbonyl (C=O) groups excluding carboxylic acids is 1. The molecule has 18 heavy (non-hydrogen) atoms. The van der Waals surface area contributed by atoms with Crippen molar-refractivity contribution in [1.29, 1.82) is 0 Å². The maximum absolute atomic E-state index is 12.4. The number of nitrogens with one attached hydrogen (secondary N) is 1. The molecule has 0 saturated heterocycles. The Morgan fingerprint density at radius 1 is 1.72 bits per heavy atom. The molecule has 2 rings (SSSR count). The van der Waals surface area contributed by atoms with E-state index >= 15 is 0 Å². The van der Waals surface area contributed by atoms with Gasteiger partial charge in [0, 0.05) is 7.05 Å². The monoisotopic (exact) mass is 252 g/mol. The number of nitrogens with zero attached hydrogens (tertiary/aromatic N) is 4. The van der Waals surface area contributed by atoms with E-state index in [2.05, 4.69) is 20.3 Å². The molecule has 0 radical (unpaired) electrons. The maximum atomic E-state index is 12.4. The highest BCUT2D eigenvalue weighted by molar-refractivity contribution is 6.07. The average molecular weight is 252 g/mol. The van der Waals surface area contributed by atoms with E-state index in [1.165, 1.54) is 11.2 Å². The van der Waals surface area contributed by atoms with Crippen LogP contribution >= 0.6 is 0 Å². The lowest BCUT2D eigenvalue weighted by Gasteiger charge is -2.41. The summed E-state index contributed by atoms with van der Waals surface area (Å²) in [7, 11) is 1.66. The third-order valence-corrected chi connectivity index (χ3v) is 3.41. The van der Waals surface area contributed by atoms with Crippen LogP contribution in [0.1, 0.15) is 25.1 Å². The first-order valence-corrected chi connectivity index (χ1v) is 5.68. The number of aromatic nitrogens is 3. The number of amides is 1. The highest BCUT2D eigenvalue weighted by Crippen LogP contribution is 2.42. The van der Waals surface area contributed by atoms with Crippen LogP contribution in [0.15, 0.2) is 11.5 Å². The molecule has 1 aromatic heterocycles. The van der Waals surface area contributed by atoms with Crippen LogP contribution in [0.25, 0.3) is 0 Å². The van der Waals surface area contributed by atoms with Crippen LogP contribution in [0.5, 0.6) is 0 Å². The van der Waals surface area contributed by atoms with Gasteiger partial charge in [-0.3, -0.25) is 9.89 Å². The summed E-state index contributed by atoms with van der Waals surface area (Å²) in [6, 6.07) is 0. The van der Waals surface area contributed by atoms with Crippen molar-refractivity contribution in [2.45, 2.75) is 25.8 Å². The fraction of sp³-hybridized carbons (Fsp3) is 0.600. The number of aromatic amines is 1. The molecule has 1 aliphatic rings. The third-order valence-electron chi connectivity index (χ3n) is 3.41. The first kappa shape index (κ1) is 12.3. The second-order valence-electron chi connectivity index (χ2n) is 4.51. The number of hydrogen-bond donors (Lipinski definition) is 3. The first-order chi connectivity index (χ1) is 8.60. The minimum Gasteiger partial charge on any atom is -0.409 e. The molecule has 98 valence electrons. The summed E-state index contributed by atoms with van der Waals surface area (Å²) in [5.41, 5.74) is 4.80. The minimum absolute atomic E-state index is 0.0110. The largest absolute Gasteiger partial charge is 0.409 e. The highest BCUT2D eigenvalue weighted by atomic mass is 16.4. The zero-order valence-electron chi connectivity index (χ0n) is 10.1. The number of amidine groups is 1. The lowest BCUT2D eigenvalue weighted by atomic mass is 9.67. The van der Waals surface area contributed by atoms with Crippen molar-refractivity contribution in [1.82, 2.24) is 20.1 Å². The summed E-state index contributed by atoms with van der Waals surface area (Å²) in [6.45, 7) is 0.319. The van der Waals surface area contributed by atoms with Crippen LogP contribution in [0.4, 0.5) is 0 Å². The molecule has 1 amide bonds. The highest BCUT2D eigenvalue weighted by Gasteiger charge is 2.49. The molecule has 0 unspecified atom stereocenters. The predicted molar refractivity (Wildman–Crippen MR) is 62.5 cm³/mol. The molecule has 1 saturated carbocycles. The number of H-pyrrole nitrogens is 1. The molecule has 0 aliphatic heterocycles. The van der Waals surface area contributed by atoms with Gasteiger partial charge in [-0.1, -0.05) is 11.6 Å². The Morgan fingerprint density at radius 3 is 2.89 bits per heavy atom. The fourth-order valence-electron chi connectivity index (χ4n) is 2.17. The van der Waals surface area contributed by atoms with Crippen LogP contribution in [0.3, 0.4) is 0 Å². The average Bonchev–Trinajstić information content (AvgIpc) is 2.79. The van der Waals surface area contributed by atoms with Gasteiger partial charge in [0.15, 0.2) is 5.84 Å². The molecule has 0 aromatic carbocycles. The predicted octanol–water partition coefficient (Wildman–Crippen LogP) is -0.320. The SMILES string of the molecule is CN(Cc1ncn[nH]1)C(=O)C1(C(N)=NO)CCC1. The summed E-state index contributed by atoms with van der Waals surface area (Å²) in [5.74, 6) is 0.434. The Balaban J connectivity index is 2.10. The molecular formula is C10H16N6O2. The van der Waals surface area contributed by atoms with Crippen molar-refractivity contribution in [3.63, 3.8) is 0 Å². The Morgan fingerprint density at radius 2 is 2.44 bits per heavy atom. The van der Waals surface area contributed by atoms with Crippen molar-refractivity contribution in [2.24, 2.45) is 16.3 Å². The molecule has 1 aromatic rings. The maximum Gasteiger partial charge on any atom is 0.236 e. The molecule has 8 nitrogen and oxygen atoms in total. The smallest absolute Gasteiger partial charge is 0.236 e. The zero-order valence-corrected chi connectivity index (χ0v) is 10.1. The van der Waals surface area contributed by atoms with E-state index in [1.807, 2.05) is 0 Å². The first-order valence-electron chi connectivity index (χ1n) is 5.68. The minimum atomic E-state index is -0.844. The van der Waals surface area contributed by atoms with Gasteiger partial charge >= 0.3 is 0 Å². The van der Waals surface area contributed by atoms with Crippen LogP contribution in [-0.4, -0.2) is 44.1 Å². The van der Waals surface area contributed by atoms with Crippen LogP contribution in [-0.2, 0) is 11.3 Å². The molecule has 4 N–H and O–H groups in total. The van der Waals surface area contributed by atoms with Crippen LogP contribution in [0.2, 0.25) is 0 Å². The summed E-state index contributed by atoms with van der Waals surface area (Å²) in [5, 5.41) is 18.2. The summed E-state index contributed by atoms with van der Waals surface area (Å²) >= 11 is 0. The summed E-state index contributed by atoms with van der Waals surface area (Å²) < 4.78 is 0. The van der Waals surface area contributed by atoms with E-state index in [1.54, 1.807) is 7.05 Å². The van der Waals surface area contributed by atoms with Gasteiger partial charge in [-0.15, -0.1) is 0 Å². The lowest BCUT2D eigenvalue weighted by molar-refractivity contribution is -0.141. The summed E-state index contributed by atoms with van der Waals surface area (Å²) in [4.78, 5) is 17.8. The van der Waals surface area contributed by atoms with E-state index in [4.69, 9.17) is 10.9 Å². The topological polar surface area (TPSA) is 120 Å². The van der Waals surface area contributed by atoms with Crippen LogP contribution < -0.4 is 5.73 Å². The Hall–Kier alpha value is -2.12.